The van der Waals surface area contributed by atoms with Crippen molar-refractivity contribution in [3.63, 3.8) is 0 Å². The molecular weight excluding hydrogens is 306 g/mol. The van der Waals surface area contributed by atoms with E-state index in [0.717, 1.165) is 22.2 Å². The lowest BCUT2D eigenvalue weighted by atomic mass is 10.2. The SMILES string of the molecule is C/C=C/CCNC(=O)/C=C/c1cc(Br)ccc1OC. The highest BCUT2D eigenvalue weighted by Crippen LogP contribution is 2.23. The number of ether oxygens (including phenoxy) is 1. The molecule has 1 rings (SSSR count). The summed E-state index contributed by atoms with van der Waals surface area (Å²) in [7, 11) is 1.61. The summed E-state index contributed by atoms with van der Waals surface area (Å²) in [6, 6.07) is 5.66. The molecule has 0 bridgehead atoms. The van der Waals surface area contributed by atoms with Gasteiger partial charge >= 0.3 is 0 Å². The van der Waals surface area contributed by atoms with Crippen molar-refractivity contribution in [3.8, 4) is 5.75 Å². The first-order valence-corrected chi connectivity index (χ1v) is 6.87. The lowest BCUT2D eigenvalue weighted by Gasteiger charge is -2.05. The molecule has 0 radical (unpaired) electrons. The monoisotopic (exact) mass is 323 g/mol. The number of allylic oxidation sites excluding steroid dienone is 1. The van der Waals surface area contributed by atoms with Crippen molar-refractivity contribution in [2.24, 2.45) is 0 Å². The van der Waals surface area contributed by atoms with E-state index in [1.165, 1.54) is 6.08 Å². The Morgan fingerprint density at radius 1 is 1.47 bits per heavy atom. The van der Waals surface area contributed by atoms with E-state index in [1.807, 2.05) is 37.3 Å². The van der Waals surface area contributed by atoms with Gasteiger partial charge in [-0.25, -0.2) is 0 Å². The second-order valence-electron chi connectivity index (χ2n) is 3.87. The largest absolute Gasteiger partial charge is 0.496 e. The molecule has 0 spiro atoms. The highest BCUT2D eigenvalue weighted by atomic mass is 79.9. The summed E-state index contributed by atoms with van der Waals surface area (Å²) < 4.78 is 6.18. The minimum atomic E-state index is -0.105. The molecule has 0 fully saturated rings. The molecule has 0 atom stereocenters. The summed E-state index contributed by atoms with van der Waals surface area (Å²) in [4.78, 5) is 11.6. The van der Waals surface area contributed by atoms with E-state index < -0.39 is 0 Å². The van der Waals surface area contributed by atoms with Gasteiger partial charge in [-0.2, -0.15) is 0 Å². The van der Waals surface area contributed by atoms with Crippen LogP contribution < -0.4 is 10.1 Å². The fourth-order valence-corrected chi connectivity index (χ4v) is 1.88. The van der Waals surface area contributed by atoms with Gasteiger partial charge < -0.3 is 10.1 Å². The van der Waals surface area contributed by atoms with Gasteiger partial charge in [0.05, 0.1) is 7.11 Å². The van der Waals surface area contributed by atoms with Gasteiger partial charge in [0.25, 0.3) is 0 Å². The molecule has 0 heterocycles. The highest BCUT2D eigenvalue weighted by molar-refractivity contribution is 9.10. The summed E-state index contributed by atoms with van der Waals surface area (Å²) in [5, 5.41) is 2.81. The second-order valence-corrected chi connectivity index (χ2v) is 4.78. The van der Waals surface area contributed by atoms with Crippen LogP contribution >= 0.6 is 15.9 Å². The number of carbonyl (C=O) groups is 1. The van der Waals surface area contributed by atoms with Crippen LogP contribution in [0.25, 0.3) is 6.08 Å². The van der Waals surface area contributed by atoms with Gasteiger partial charge in [0.1, 0.15) is 5.75 Å². The van der Waals surface area contributed by atoms with E-state index in [9.17, 15) is 4.79 Å². The molecule has 1 aromatic rings. The van der Waals surface area contributed by atoms with Crippen molar-refractivity contribution in [1.29, 1.82) is 0 Å². The number of halogens is 1. The van der Waals surface area contributed by atoms with Crippen molar-refractivity contribution in [3.05, 3.63) is 46.5 Å². The lowest BCUT2D eigenvalue weighted by molar-refractivity contribution is -0.116. The third kappa shape index (κ3) is 5.75. The average molecular weight is 324 g/mol. The van der Waals surface area contributed by atoms with Crippen LogP contribution in [0.4, 0.5) is 0 Å². The maximum atomic E-state index is 11.6. The summed E-state index contributed by atoms with van der Waals surface area (Å²) >= 11 is 3.39. The molecule has 1 aromatic carbocycles. The van der Waals surface area contributed by atoms with Crippen LogP contribution in [0.1, 0.15) is 18.9 Å². The fourth-order valence-electron chi connectivity index (χ4n) is 1.51. The molecule has 0 aliphatic heterocycles. The first-order chi connectivity index (χ1) is 9.17. The van der Waals surface area contributed by atoms with Gasteiger partial charge in [-0.15, -0.1) is 0 Å². The summed E-state index contributed by atoms with van der Waals surface area (Å²) in [5.41, 5.74) is 0.862. The lowest BCUT2D eigenvalue weighted by Crippen LogP contribution is -2.21. The van der Waals surface area contributed by atoms with Crippen LogP contribution in [-0.2, 0) is 4.79 Å². The Bertz CT molecular complexity index is 481. The van der Waals surface area contributed by atoms with Gasteiger partial charge in [0.15, 0.2) is 0 Å². The average Bonchev–Trinajstić information content (AvgIpc) is 2.41. The molecule has 1 amide bonds. The second kappa shape index (κ2) is 8.53. The molecule has 0 aromatic heterocycles. The van der Waals surface area contributed by atoms with Crippen LogP contribution in [0, 0.1) is 0 Å². The third-order valence-corrected chi connectivity index (χ3v) is 2.95. The van der Waals surface area contributed by atoms with Crippen LogP contribution in [-0.4, -0.2) is 19.6 Å². The molecule has 19 heavy (non-hydrogen) atoms. The Balaban J connectivity index is 2.60. The van der Waals surface area contributed by atoms with E-state index in [-0.39, 0.29) is 5.91 Å². The van der Waals surface area contributed by atoms with E-state index >= 15 is 0 Å². The molecule has 3 nitrogen and oxygen atoms in total. The number of benzene rings is 1. The number of hydrogen-bond donors (Lipinski definition) is 1. The molecule has 0 aliphatic rings. The smallest absolute Gasteiger partial charge is 0.244 e. The maximum absolute atomic E-state index is 11.6. The molecule has 0 saturated carbocycles. The van der Waals surface area contributed by atoms with Gasteiger partial charge in [-0.3, -0.25) is 4.79 Å². The number of amides is 1. The Kier molecular flexibility index (Phi) is 6.97. The first kappa shape index (κ1) is 15.5. The molecule has 4 heteroatoms. The van der Waals surface area contributed by atoms with Crippen LogP contribution in [0.2, 0.25) is 0 Å². The van der Waals surface area contributed by atoms with Crippen molar-refractivity contribution >= 4 is 27.9 Å². The minimum absolute atomic E-state index is 0.105. The summed E-state index contributed by atoms with van der Waals surface area (Å²) in [6.45, 7) is 2.60. The van der Waals surface area contributed by atoms with E-state index in [0.29, 0.717) is 6.54 Å². The van der Waals surface area contributed by atoms with Crippen molar-refractivity contribution < 1.29 is 9.53 Å². The molecule has 0 saturated heterocycles. The van der Waals surface area contributed by atoms with Gasteiger partial charge in [0, 0.05) is 22.7 Å². The van der Waals surface area contributed by atoms with Crippen molar-refractivity contribution in [1.82, 2.24) is 5.32 Å². The zero-order valence-electron chi connectivity index (χ0n) is 11.2. The Hall–Kier alpha value is -1.55. The molecule has 0 aliphatic carbocycles. The predicted octanol–water partition coefficient (Wildman–Crippen LogP) is 3.55. The van der Waals surface area contributed by atoms with Crippen LogP contribution in [0.3, 0.4) is 0 Å². The minimum Gasteiger partial charge on any atom is -0.496 e. The quantitative estimate of drug-likeness (QED) is 0.494. The van der Waals surface area contributed by atoms with Gasteiger partial charge in [-0.05, 0) is 37.6 Å². The van der Waals surface area contributed by atoms with Crippen molar-refractivity contribution in [2.75, 3.05) is 13.7 Å². The summed E-state index contributed by atoms with van der Waals surface area (Å²) in [5.74, 6) is 0.632. The number of hydrogen-bond acceptors (Lipinski definition) is 2. The highest BCUT2D eigenvalue weighted by Gasteiger charge is 2.01. The van der Waals surface area contributed by atoms with E-state index in [4.69, 9.17) is 4.74 Å². The Morgan fingerprint density at radius 3 is 2.95 bits per heavy atom. The predicted molar refractivity (Wildman–Crippen MR) is 82.2 cm³/mol. The fraction of sp³-hybridized carbons (Fsp3) is 0.267. The molecular formula is C15H18BrNO2. The van der Waals surface area contributed by atoms with E-state index in [2.05, 4.69) is 21.2 Å². The van der Waals surface area contributed by atoms with Crippen molar-refractivity contribution in [2.45, 2.75) is 13.3 Å². The Morgan fingerprint density at radius 2 is 2.26 bits per heavy atom. The molecule has 0 unspecified atom stereocenters. The summed E-state index contributed by atoms with van der Waals surface area (Å²) in [6.07, 6.45) is 8.08. The Labute approximate surface area is 122 Å². The standard InChI is InChI=1S/C15H18BrNO2/c1-3-4-5-10-17-15(18)9-6-12-11-13(16)7-8-14(12)19-2/h3-4,6-9,11H,5,10H2,1-2H3,(H,17,18)/b4-3+,9-6+. The zero-order chi connectivity index (χ0) is 14.1. The molecule has 1 N–H and O–H groups in total. The number of carbonyl (C=O) groups excluding carboxylic acids is 1. The van der Waals surface area contributed by atoms with Gasteiger partial charge in [-0.1, -0.05) is 28.1 Å². The van der Waals surface area contributed by atoms with E-state index in [1.54, 1.807) is 13.2 Å². The number of nitrogens with one attached hydrogen (secondary N) is 1. The first-order valence-electron chi connectivity index (χ1n) is 6.08. The third-order valence-electron chi connectivity index (χ3n) is 2.45. The topological polar surface area (TPSA) is 38.3 Å². The number of methoxy groups -OCH3 is 1. The number of rotatable bonds is 6. The maximum Gasteiger partial charge on any atom is 0.244 e. The van der Waals surface area contributed by atoms with Gasteiger partial charge in [0.2, 0.25) is 5.91 Å². The zero-order valence-corrected chi connectivity index (χ0v) is 12.7. The van der Waals surface area contributed by atoms with Crippen LogP contribution in [0.15, 0.2) is 40.9 Å². The van der Waals surface area contributed by atoms with Crippen LogP contribution in [0.5, 0.6) is 5.75 Å². The normalized spacial score (nSPS) is 11.1. The molecule has 102 valence electrons.